The zero-order valence-corrected chi connectivity index (χ0v) is 16.6. The van der Waals surface area contributed by atoms with Gasteiger partial charge in [-0.3, -0.25) is 29.0 Å². The number of hydrogen-bond acceptors (Lipinski definition) is 6. The number of hydrogen-bond donors (Lipinski definition) is 0. The molecular formula is C20H18N2O4S2. The van der Waals surface area contributed by atoms with Crippen molar-refractivity contribution in [2.45, 2.75) is 0 Å². The van der Waals surface area contributed by atoms with Gasteiger partial charge in [0.25, 0.3) is 22.3 Å². The summed E-state index contributed by atoms with van der Waals surface area (Å²) in [4.78, 5) is 48.6. The molecule has 6 nitrogen and oxygen atoms in total. The standard InChI is InChI=1S/2C10H9NO2S/c2*12-9(8-4-2-1-3-5-8)11-6-7-14-10(11)13/h2*1-5H,6-7H2. The van der Waals surface area contributed by atoms with Gasteiger partial charge in [0.1, 0.15) is 0 Å². The number of amides is 4. The van der Waals surface area contributed by atoms with Crippen molar-refractivity contribution in [2.24, 2.45) is 0 Å². The summed E-state index contributed by atoms with van der Waals surface area (Å²) in [6.07, 6.45) is 0. The summed E-state index contributed by atoms with van der Waals surface area (Å²) in [7, 11) is 0. The molecule has 2 saturated heterocycles. The highest BCUT2D eigenvalue weighted by atomic mass is 32.2. The number of benzene rings is 2. The van der Waals surface area contributed by atoms with E-state index in [1.54, 1.807) is 48.5 Å². The molecule has 0 aromatic heterocycles. The van der Waals surface area contributed by atoms with Crippen molar-refractivity contribution < 1.29 is 19.2 Å². The van der Waals surface area contributed by atoms with E-state index in [0.29, 0.717) is 35.7 Å². The highest BCUT2D eigenvalue weighted by Gasteiger charge is 2.28. The first kappa shape index (κ1) is 20.2. The van der Waals surface area contributed by atoms with Crippen LogP contribution in [0.5, 0.6) is 0 Å². The Morgan fingerprint density at radius 2 is 1.00 bits per heavy atom. The van der Waals surface area contributed by atoms with Crippen molar-refractivity contribution >= 4 is 45.8 Å². The van der Waals surface area contributed by atoms with Crippen molar-refractivity contribution in [3.8, 4) is 0 Å². The van der Waals surface area contributed by atoms with Gasteiger partial charge in [0, 0.05) is 35.7 Å². The SMILES string of the molecule is O=C1SCCN1C(=O)c1ccccc1.O=C1SCCN1C(=O)c1ccccc1. The van der Waals surface area contributed by atoms with Gasteiger partial charge in [-0.05, 0) is 24.3 Å². The molecule has 2 aromatic rings. The summed E-state index contributed by atoms with van der Waals surface area (Å²) in [6, 6.07) is 17.7. The average Bonchev–Trinajstić information content (AvgIpc) is 3.37. The zero-order valence-electron chi connectivity index (χ0n) is 14.9. The third kappa shape index (κ3) is 4.82. The minimum Gasteiger partial charge on any atom is -0.269 e. The molecule has 2 heterocycles. The Labute approximate surface area is 171 Å². The molecule has 0 unspecified atom stereocenters. The predicted octanol–water partition coefficient (Wildman–Crippen LogP) is 3.99. The third-order valence-electron chi connectivity index (χ3n) is 4.05. The van der Waals surface area contributed by atoms with Crippen LogP contribution in [-0.4, -0.2) is 56.7 Å². The maximum atomic E-state index is 11.7. The van der Waals surface area contributed by atoms with Crippen LogP contribution in [0.3, 0.4) is 0 Å². The van der Waals surface area contributed by atoms with Crippen LogP contribution in [0.25, 0.3) is 0 Å². The van der Waals surface area contributed by atoms with Gasteiger partial charge >= 0.3 is 0 Å². The predicted molar refractivity (Wildman–Crippen MR) is 111 cm³/mol. The molecule has 2 aromatic carbocycles. The van der Waals surface area contributed by atoms with E-state index in [1.165, 1.54) is 33.3 Å². The third-order valence-corrected chi connectivity index (χ3v) is 5.76. The molecule has 0 saturated carbocycles. The quantitative estimate of drug-likeness (QED) is 0.740. The van der Waals surface area contributed by atoms with E-state index in [9.17, 15) is 19.2 Å². The van der Waals surface area contributed by atoms with Crippen molar-refractivity contribution in [3.05, 3.63) is 71.8 Å². The minimum absolute atomic E-state index is 0.140. The maximum absolute atomic E-state index is 11.7. The summed E-state index contributed by atoms with van der Waals surface area (Å²) in [6.45, 7) is 1.05. The van der Waals surface area contributed by atoms with Crippen molar-refractivity contribution in [1.82, 2.24) is 9.80 Å². The second kappa shape index (κ2) is 9.57. The number of thioether (sulfide) groups is 2. The highest BCUT2D eigenvalue weighted by Crippen LogP contribution is 2.20. The van der Waals surface area contributed by atoms with Crippen LogP contribution in [0.2, 0.25) is 0 Å². The fourth-order valence-electron chi connectivity index (χ4n) is 2.63. The molecule has 2 aliphatic rings. The molecule has 4 amide bonds. The van der Waals surface area contributed by atoms with Crippen molar-refractivity contribution in [2.75, 3.05) is 24.6 Å². The Balaban J connectivity index is 0.000000161. The first-order valence-corrected chi connectivity index (χ1v) is 10.6. The summed E-state index contributed by atoms with van der Waals surface area (Å²) >= 11 is 2.39. The number of imide groups is 2. The molecule has 144 valence electrons. The fraction of sp³-hybridized carbons (Fsp3) is 0.200. The summed E-state index contributed by atoms with van der Waals surface area (Å²) < 4.78 is 0. The van der Waals surface area contributed by atoms with Crippen LogP contribution >= 0.6 is 23.5 Å². The number of carbonyl (C=O) groups excluding carboxylic acids is 4. The molecule has 0 radical (unpaired) electrons. The fourth-order valence-corrected chi connectivity index (χ4v) is 4.19. The largest absolute Gasteiger partial charge is 0.288 e. The molecule has 0 atom stereocenters. The summed E-state index contributed by atoms with van der Waals surface area (Å²) in [5.74, 6) is 1.02. The first-order valence-electron chi connectivity index (χ1n) is 8.65. The Bertz CT molecular complexity index is 801. The van der Waals surface area contributed by atoms with E-state index in [-0.39, 0.29) is 22.3 Å². The molecule has 0 bridgehead atoms. The van der Waals surface area contributed by atoms with Gasteiger partial charge in [-0.15, -0.1) is 0 Å². The van der Waals surface area contributed by atoms with E-state index in [2.05, 4.69) is 0 Å². The monoisotopic (exact) mass is 414 g/mol. The van der Waals surface area contributed by atoms with Crippen LogP contribution in [0, 0.1) is 0 Å². The summed E-state index contributed by atoms with van der Waals surface area (Å²) in [5.41, 5.74) is 1.15. The van der Waals surface area contributed by atoms with Gasteiger partial charge in [0.05, 0.1) is 0 Å². The van der Waals surface area contributed by atoms with Crippen LogP contribution in [0.4, 0.5) is 9.59 Å². The van der Waals surface area contributed by atoms with Crippen LogP contribution in [-0.2, 0) is 0 Å². The van der Waals surface area contributed by atoms with E-state index in [0.717, 1.165) is 0 Å². The Kier molecular flexibility index (Phi) is 6.89. The van der Waals surface area contributed by atoms with Crippen LogP contribution in [0.15, 0.2) is 60.7 Å². The zero-order chi connectivity index (χ0) is 19.9. The molecule has 2 aliphatic heterocycles. The molecule has 0 spiro atoms. The van der Waals surface area contributed by atoms with E-state index in [4.69, 9.17) is 0 Å². The second-order valence-corrected chi connectivity index (χ2v) is 7.97. The lowest BCUT2D eigenvalue weighted by Gasteiger charge is -2.11. The molecule has 8 heteroatoms. The van der Waals surface area contributed by atoms with E-state index in [1.807, 2.05) is 12.1 Å². The lowest BCUT2D eigenvalue weighted by molar-refractivity contribution is 0.0823. The Hall–Kier alpha value is -2.58. The molecule has 0 aliphatic carbocycles. The van der Waals surface area contributed by atoms with E-state index < -0.39 is 0 Å². The molecule has 2 fully saturated rings. The number of rotatable bonds is 2. The average molecular weight is 415 g/mol. The normalized spacial score (nSPS) is 16.0. The minimum atomic E-state index is -0.194. The number of carbonyl (C=O) groups is 4. The topological polar surface area (TPSA) is 74.8 Å². The Morgan fingerprint density at radius 1 is 0.643 bits per heavy atom. The maximum Gasteiger partial charge on any atom is 0.288 e. The van der Waals surface area contributed by atoms with Gasteiger partial charge in [0.2, 0.25) is 0 Å². The van der Waals surface area contributed by atoms with Gasteiger partial charge in [0.15, 0.2) is 0 Å². The smallest absolute Gasteiger partial charge is 0.269 e. The van der Waals surface area contributed by atoms with Crippen molar-refractivity contribution in [1.29, 1.82) is 0 Å². The van der Waals surface area contributed by atoms with Gasteiger partial charge in [-0.2, -0.15) is 0 Å². The number of nitrogens with zero attached hydrogens (tertiary/aromatic N) is 2. The molecule has 4 rings (SSSR count). The highest BCUT2D eigenvalue weighted by molar-refractivity contribution is 8.14. The van der Waals surface area contributed by atoms with Gasteiger partial charge in [-0.1, -0.05) is 59.9 Å². The van der Waals surface area contributed by atoms with Gasteiger partial charge < -0.3 is 0 Å². The van der Waals surface area contributed by atoms with E-state index >= 15 is 0 Å². The molecule has 0 N–H and O–H groups in total. The molecule has 28 heavy (non-hydrogen) atoms. The lowest BCUT2D eigenvalue weighted by Crippen LogP contribution is -2.30. The Morgan fingerprint density at radius 3 is 1.29 bits per heavy atom. The van der Waals surface area contributed by atoms with Crippen LogP contribution in [0.1, 0.15) is 20.7 Å². The molecular weight excluding hydrogens is 396 g/mol. The lowest BCUT2D eigenvalue weighted by atomic mass is 10.2. The second-order valence-electron chi connectivity index (χ2n) is 5.87. The first-order chi connectivity index (χ1) is 13.6. The van der Waals surface area contributed by atoms with Gasteiger partial charge in [-0.25, -0.2) is 0 Å². The van der Waals surface area contributed by atoms with Crippen molar-refractivity contribution in [3.63, 3.8) is 0 Å². The summed E-state index contributed by atoms with van der Waals surface area (Å²) in [5, 5.41) is -0.280. The van der Waals surface area contributed by atoms with Crippen LogP contribution < -0.4 is 0 Å².